The number of benzene rings is 1. The Morgan fingerprint density at radius 2 is 1.94 bits per heavy atom. The maximum Gasteiger partial charge on any atom is 0.246 e. The smallest absolute Gasteiger partial charge is 0.246 e. The van der Waals surface area contributed by atoms with Crippen LogP contribution in [0.3, 0.4) is 0 Å². The molecule has 0 spiro atoms. The number of amides is 1. The molecule has 18 heavy (non-hydrogen) atoms. The van der Waals surface area contributed by atoms with Gasteiger partial charge < -0.3 is 10.1 Å². The second kappa shape index (κ2) is 7.11. The van der Waals surface area contributed by atoms with Gasteiger partial charge in [0.2, 0.25) is 5.91 Å². The van der Waals surface area contributed by atoms with Gasteiger partial charge in [0, 0.05) is 13.2 Å². The Balaban J connectivity index is 2.46. The average Bonchev–Trinajstić information content (AvgIpc) is 2.33. The van der Waals surface area contributed by atoms with Crippen LogP contribution in [-0.4, -0.2) is 19.1 Å². The number of rotatable bonds is 6. The molecule has 0 saturated heterocycles. The molecule has 0 unspecified atom stereocenters. The summed E-state index contributed by atoms with van der Waals surface area (Å²) in [5.41, 5.74) is 2.10. The van der Waals surface area contributed by atoms with Crippen LogP contribution in [0.5, 0.6) is 0 Å². The zero-order valence-corrected chi connectivity index (χ0v) is 11.2. The molecule has 1 amide bonds. The van der Waals surface area contributed by atoms with E-state index in [1.54, 1.807) is 26.0 Å². The zero-order valence-electron chi connectivity index (χ0n) is 11.2. The number of carbonyl (C=O) groups excluding carboxylic acids is 1. The molecule has 0 saturated carbocycles. The van der Waals surface area contributed by atoms with E-state index in [9.17, 15) is 9.18 Å². The molecule has 100 valence electrons. The summed E-state index contributed by atoms with van der Waals surface area (Å²) in [6, 6.07) is 3.49. The Morgan fingerprint density at radius 3 is 2.50 bits per heavy atom. The van der Waals surface area contributed by atoms with Crippen LogP contribution in [0.15, 0.2) is 12.1 Å². The molecule has 0 heterocycles. The van der Waals surface area contributed by atoms with Crippen molar-refractivity contribution in [1.29, 1.82) is 0 Å². The van der Waals surface area contributed by atoms with E-state index >= 15 is 0 Å². The van der Waals surface area contributed by atoms with Gasteiger partial charge in [-0.1, -0.05) is 19.1 Å². The van der Waals surface area contributed by atoms with Crippen LogP contribution in [0.2, 0.25) is 0 Å². The predicted molar refractivity (Wildman–Crippen MR) is 68.8 cm³/mol. The fourth-order valence-electron chi connectivity index (χ4n) is 1.70. The SMILES string of the molecule is CCCOCC(=O)NCc1cc(C)c(F)c(C)c1. The zero-order chi connectivity index (χ0) is 13.5. The van der Waals surface area contributed by atoms with Crippen molar-refractivity contribution in [3.05, 3.63) is 34.6 Å². The van der Waals surface area contributed by atoms with E-state index in [2.05, 4.69) is 5.32 Å². The molecule has 0 aromatic heterocycles. The summed E-state index contributed by atoms with van der Waals surface area (Å²) < 4.78 is 18.5. The standard InChI is InChI=1S/C14H20FNO2/c1-4-5-18-9-13(17)16-8-12-6-10(2)14(15)11(3)7-12/h6-7H,4-5,8-9H2,1-3H3,(H,16,17). The fraction of sp³-hybridized carbons (Fsp3) is 0.500. The second-order valence-corrected chi connectivity index (χ2v) is 4.37. The maximum atomic E-state index is 13.4. The number of hydrogen-bond donors (Lipinski definition) is 1. The van der Waals surface area contributed by atoms with Gasteiger partial charge in [0.15, 0.2) is 0 Å². The highest BCUT2D eigenvalue weighted by molar-refractivity contribution is 5.77. The number of nitrogens with one attached hydrogen (secondary N) is 1. The lowest BCUT2D eigenvalue weighted by molar-refractivity contribution is -0.125. The van der Waals surface area contributed by atoms with E-state index in [0.29, 0.717) is 24.3 Å². The van der Waals surface area contributed by atoms with Crippen molar-refractivity contribution in [2.75, 3.05) is 13.2 Å². The summed E-state index contributed by atoms with van der Waals surface area (Å²) >= 11 is 0. The van der Waals surface area contributed by atoms with E-state index in [-0.39, 0.29) is 18.3 Å². The van der Waals surface area contributed by atoms with Crippen LogP contribution in [0.1, 0.15) is 30.0 Å². The highest BCUT2D eigenvalue weighted by atomic mass is 19.1. The average molecular weight is 253 g/mol. The highest BCUT2D eigenvalue weighted by Crippen LogP contribution is 2.14. The van der Waals surface area contributed by atoms with Crippen molar-refractivity contribution in [3.63, 3.8) is 0 Å². The first-order chi connectivity index (χ1) is 8.54. The molecule has 0 aliphatic rings. The summed E-state index contributed by atoms with van der Waals surface area (Å²) in [4.78, 5) is 11.4. The monoisotopic (exact) mass is 253 g/mol. The van der Waals surface area contributed by atoms with Crippen LogP contribution < -0.4 is 5.32 Å². The molecule has 1 aromatic carbocycles. The van der Waals surface area contributed by atoms with Gasteiger partial charge >= 0.3 is 0 Å². The van der Waals surface area contributed by atoms with Crippen LogP contribution in [0.4, 0.5) is 4.39 Å². The number of aryl methyl sites for hydroxylation is 2. The third-order valence-corrected chi connectivity index (χ3v) is 2.57. The van der Waals surface area contributed by atoms with Crippen LogP contribution >= 0.6 is 0 Å². The molecule has 0 fully saturated rings. The minimum atomic E-state index is -0.184. The van der Waals surface area contributed by atoms with E-state index in [1.807, 2.05) is 6.92 Å². The molecular weight excluding hydrogens is 233 g/mol. The lowest BCUT2D eigenvalue weighted by Crippen LogP contribution is -2.27. The first-order valence-corrected chi connectivity index (χ1v) is 6.14. The van der Waals surface area contributed by atoms with Gasteiger partial charge in [-0.2, -0.15) is 0 Å². The van der Waals surface area contributed by atoms with E-state index in [1.165, 1.54) is 0 Å². The number of hydrogen-bond acceptors (Lipinski definition) is 2. The summed E-state index contributed by atoms with van der Waals surface area (Å²) in [5.74, 6) is -0.334. The van der Waals surface area contributed by atoms with Gasteiger partial charge in [0.1, 0.15) is 12.4 Å². The molecule has 1 aromatic rings. The van der Waals surface area contributed by atoms with Gasteiger partial charge in [-0.25, -0.2) is 4.39 Å². The van der Waals surface area contributed by atoms with Crippen molar-refractivity contribution >= 4 is 5.91 Å². The summed E-state index contributed by atoms with van der Waals surface area (Å²) in [7, 11) is 0. The first kappa shape index (κ1) is 14.6. The lowest BCUT2D eigenvalue weighted by Gasteiger charge is -2.08. The number of halogens is 1. The second-order valence-electron chi connectivity index (χ2n) is 4.37. The minimum Gasteiger partial charge on any atom is -0.372 e. The number of ether oxygens (including phenoxy) is 1. The normalized spacial score (nSPS) is 10.4. The fourth-order valence-corrected chi connectivity index (χ4v) is 1.70. The Kier molecular flexibility index (Phi) is 5.78. The molecule has 0 bridgehead atoms. The molecule has 1 rings (SSSR count). The molecule has 0 aliphatic heterocycles. The summed E-state index contributed by atoms with van der Waals surface area (Å²) in [6.07, 6.45) is 0.892. The molecular formula is C14H20FNO2. The van der Waals surface area contributed by atoms with Crippen molar-refractivity contribution in [1.82, 2.24) is 5.32 Å². The quantitative estimate of drug-likeness (QED) is 0.791. The highest BCUT2D eigenvalue weighted by Gasteiger charge is 2.06. The van der Waals surface area contributed by atoms with Crippen molar-refractivity contribution < 1.29 is 13.9 Å². The van der Waals surface area contributed by atoms with Crippen LogP contribution in [0, 0.1) is 19.7 Å². The lowest BCUT2D eigenvalue weighted by atomic mass is 10.1. The molecule has 4 heteroatoms. The molecule has 1 N–H and O–H groups in total. The summed E-state index contributed by atoms with van der Waals surface area (Å²) in [6.45, 7) is 6.49. The van der Waals surface area contributed by atoms with Crippen molar-refractivity contribution in [3.8, 4) is 0 Å². The Labute approximate surface area is 107 Å². The number of carbonyl (C=O) groups is 1. The van der Waals surface area contributed by atoms with Crippen LogP contribution in [0.25, 0.3) is 0 Å². The van der Waals surface area contributed by atoms with Gasteiger partial charge in [0.05, 0.1) is 0 Å². The van der Waals surface area contributed by atoms with Gasteiger partial charge in [-0.3, -0.25) is 4.79 Å². The Morgan fingerprint density at radius 1 is 1.33 bits per heavy atom. The molecule has 0 radical (unpaired) electrons. The minimum absolute atomic E-state index is 0.0764. The van der Waals surface area contributed by atoms with E-state index in [0.717, 1.165) is 12.0 Å². The molecule has 0 aliphatic carbocycles. The first-order valence-electron chi connectivity index (χ1n) is 6.14. The molecule has 3 nitrogen and oxygen atoms in total. The predicted octanol–water partition coefficient (Wildman–Crippen LogP) is 2.49. The van der Waals surface area contributed by atoms with Gasteiger partial charge in [-0.05, 0) is 37.0 Å². The Hall–Kier alpha value is -1.42. The van der Waals surface area contributed by atoms with E-state index < -0.39 is 0 Å². The topological polar surface area (TPSA) is 38.3 Å². The van der Waals surface area contributed by atoms with Crippen molar-refractivity contribution in [2.45, 2.75) is 33.7 Å². The maximum absolute atomic E-state index is 13.4. The largest absolute Gasteiger partial charge is 0.372 e. The third-order valence-electron chi connectivity index (χ3n) is 2.57. The van der Waals surface area contributed by atoms with Crippen LogP contribution in [-0.2, 0) is 16.1 Å². The summed E-state index contributed by atoms with van der Waals surface area (Å²) in [5, 5.41) is 2.75. The Bertz CT molecular complexity index is 395. The van der Waals surface area contributed by atoms with Gasteiger partial charge in [0.25, 0.3) is 0 Å². The van der Waals surface area contributed by atoms with Gasteiger partial charge in [-0.15, -0.1) is 0 Å². The third kappa shape index (κ3) is 4.45. The van der Waals surface area contributed by atoms with Crippen molar-refractivity contribution in [2.24, 2.45) is 0 Å². The van der Waals surface area contributed by atoms with E-state index in [4.69, 9.17) is 4.74 Å². The molecule has 0 atom stereocenters.